The lowest BCUT2D eigenvalue weighted by atomic mass is 10.1. The Bertz CT molecular complexity index is 209. The summed E-state index contributed by atoms with van der Waals surface area (Å²) in [4.78, 5) is 15.4. The number of carboxylic acids is 1. The quantitative estimate of drug-likeness (QED) is 0.754. The van der Waals surface area contributed by atoms with Gasteiger partial charge in [-0.15, -0.1) is 0 Å². The molecule has 4 nitrogen and oxygen atoms in total. The van der Waals surface area contributed by atoms with Gasteiger partial charge in [-0.2, -0.15) is 0 Å². The van der Waals surface area contributed by atoms with Crippen LogP contribution in [0.3, 0.4) is 0 Å². The van der Waals surface area contributed by atoms with Gasteiger partial charge in [0.1, 0.15) is 0 Å². The molecule has 1 fully saturated rings. The third-order valence-electron chi connectivity index (χ3n) is 2.95. The molecular formula is C11H22N2O2. The van der Waals surface area contributed by atoms with Gasteiger partial charge in [0, 0.05) is 12.6 Å². The monoisotopic (exact) mass is 214 g/mol. The van der Waals surface area contributed by atoms with Gasteiger partial charge in [-0.25, -0.2) is 0 Å². The van der Waals surface area contributed by atoms with Crippen molar-refractivity contribution in [3.63, 3.8) is 0 Å². The molecule has 1 atom stereocenters. The summed E-state index contributed by atoms with van der Waals surface area (Å²) < 4.78 is 0. The van der Waals surface area contributed by atoms with Crippen LogP contribution in [-0.4, -0.2) is 60.1 Å². The van der Waals surface area contributed by atoms with Crippen LogP contribution in [0.4, 0.5) is 0 Å². The second kappa shape index (κ2) is 6.08. The van der Waals surface area contributed by atoms with Gasteiger partial charge in [0.15, 0.2) is 0 Å². The summed E-state index contributed by atoms with van der Waals surface area (Å²) in [5.41, 5.74) is 0. The molecule has 0 aliphatic carbocycles. The van der Waals surface area contributed by atoms with Gasteiger partial charge in [0.05, 0.1) is 6.42 Å². The normalized spacial score (nSPS) is 25.1. The molecule has 1 saturated heterocycles. The van der Waals surface area contributed by atoms with E-state index >= 15 is 0 Å². The summed E-state index contributed by atoms with van der Waals surface area (Å²) in [5.74, 6) is -0.684. The van der Waals surface area contributed by atoms with Crippen LogP contribution in [0.25, 0.3) is 0 Å². The molecule has 0 aromatic rings. The van der Waals surface area contributed by atoms with Crippen molar-refractivity contribution in [1.82, 2.24) is 9.80 Å². The molecule has 1 heterocycles. The lowest BCUT2D eigenvalue weighted by Gasteiger charge is -2.29. The Balaban J connectivity index is 2.58. The number of carbonyl (C=O) groups is 1. The minimum absolute atomic E-state index is 0.190. The predicted octanol–water partition coefficient (Wildman–Crippen LogP) is 0.877. The van der Waals surface area contributed by atoms with E-state index in [1.165, 1.54) is 0 Å². The molecule has 0 saturated carbocycles. The summed E-state index contributed by atoms with van der Waals surface area (Å²) in [5, 5.41) is 8.88. The maximum absolute atomic E-state index is 10.8. The number of nitrogens with zero attached hydrogens (tertiary/aromatic N) is 2. The van der Waals surface area contributed by atoms with Crippen LogP contribution >= 0.6 is 0 Å². The van der Waals surface area contributed by atoms with Crippen LogP contribution in [0.2, 0.25) is 0 Å². The molecule has 0 amide bonds. The van der Waals surface area contributed by atoms with Gasteiger partial charge in [-0.1, -0.05) is 6.92 Å². The fraction of sp³-hybridized carbons (Fsp3) is 0.909. The van der Waals surface area contributed by atoms with Gasteiger partial charge >= 0.3 is 5.97 Å². The number of likely N-dealkylation sites (N-methyl/N-ethyl adjacent to an activating group) is 1. The molecular weight excluding hydrogens is 192 g/mol. The average Bonchev–Trinajstić information content (AvgIpc) is 2.29. The highest BCUT2D eigenvalue weighted by Gasteiger charge is 2.24. The molecule has 1 unspecified atom stereocenters. The topological polar surface area (TPSA) is 43.8 Å². The zero-order valence-electron chi connectivity index (χ0n) is 9.78. The summed E-state index contributed by atoms with van der Waals surface area (Å²) in [6, 6.07) is 0.190. The average molecular weight is 214 g/mol. The molecule has 0 aromatic carbocycles. The number of carboxylic acid groups (broad SMARTS) is 1. The second-order valence-corrected chi connectivity index (χ2v) is 4.40. The maximum Gasteiger partial charge on any atom is 0.304 e. The Kier molecular flexibility index (Phi) is 5.05. The van der Waals surface area contributed by atoms with Gasteiger partial charge in [0.2, 0.25) is 0 Å². The number of hydrogen-bond acceptors (Lipinski definition) is 3. The largest absolute Gasteiger partial charge is 0.481 e. The Morgan fingerprint density at radius 2 is 2.20 bits per heavy atom. The van der Waals surface area contributed by atoms with Crippen molar-refractivity contribution in [2.75, 3.05) is 33.2 Å². The van der Waals surface area contributed by atoms with Crippen molar-refractivity contribution >= 4 is 5.97 Å². The van der Waals surface area contributed by atoms with Crippen LogP contribution in [0.15, 0.2) is 0 Å². The molecule has 4 heteroatoms. The van der Waals surface area contributed by atoms with Crippen molar-refractivity contribution < 1.29 is 9.90 Å². The third kappa shape index (κ3) is 4.18. The van der Waals surface area contributed by atoms with Crippen molar-refractivity contribution in [3.05, 3.63) is 0 Å². The van der Waals surface area contributed by atoms with Crippen LogP contribution in [0, 0.1) is 0 Å². The van der Waals surface area contributed by atoms with E-state index in [4.69, 9.17) is 5.11 Å². The molecule has 0 bridgehead atoms. The summed E-state index contributed by atoms with van der Waals surface area (Å²) in [7, 11) is 2.07. The Labute approximate surface area is 91.9 Å². The first-order valence-electron chi connectivity index (χ1n) is 5.78. The zero-order chi connectivity index (χ0) is 11.3. The maximum atomic E-state index is 10.8. The second-order valence-electron chi connectivity index (χ2n) is 4.40. The van der Waals surface area contributed by atoms with Crippen molar-refractivity contribution in [2.24, 2.45) is 0 Å². The first-order chi connectivity index (χ1) is 7.13. The fourth-order valence-electron chi connectivity index (χ4n) is 2.27. The summed E-state index contributed by atoms with van der Waals surface area (Å²) in [6.45, 7) is 6.16. The Hall–Kier alpha value is -0.610. The summed E-state index contributed by atoms with van der Waals surface area (Å²) >= 11 is 0. The SMILES string of the molecule is CCCN1CCCN(C)CC1CC(=O)O. The van der Waals surface area contributed by atoms with Crippen molar-refractivity contribution in [2.45, 2.75) is 32.2 Å². The van der Waals surface area contributed by atoms with E-state index < -0.39 is 5.97 Å². The first-order valence-corrected chi connectivity index (χ1v) is 5.78. The molecule has 88 valence electrons. The van der Waals surface area contributed by atoms with Crippen molar-refractivity contribution in [1.29, 1.82) is 0 Å². The highest BCUT2D eigenvalue weighted by atomic mass is 16.4. The van der Waals surface area contributed by atoms with Gasteiger partial charge in [0.25, 0.3) is 0 Å². The minimum atomic E-state index is -0.684. The van der Waals surface area contributed by atoms with E-state index in [1.54, 1.807) is 0 Å². The molecule has 1 aliphatic rings. The number of aliphatic carboxylic acids is 1. The van der Waals surface area contributed by atoms with E-state index in [0.717, 1.165) is 39.0 Å². The number of rotatable bonds is 4. The van der Waals surface area contributed by atoms with Gasteiger partial charge < -0.3 is 10.0 Å². The molecule has 0 spiro atoms. The summed E-state index contributed by atoms with van der Waals surface area (Å²) in [6.07, 6.45) is 2.51. The molecule has 0 radical (unpaired) electrons. The van der Waals surface area contributed by atoms with Gasteiger partial charge in [-0.3, -0.25) is 9.69 Å². The molecule has 15 heavy (non-hydrogen) atoms. The predicted molar refractivity (Wildman–Crippen MR) is 60.0 cm³/mol. The molecule has 1 rings (SSSR count). The van der Waals surface area contributed by atoms with Crippen LogP contribution in [0.5, 0.6) is 0 Å². The van der Waals surface area contributed by atoms with E-state index in [1.807, 2.05) is 0 Å². The Morgan fingerprint density at radius 3 is 2.80 bits per heavy atom. The van der Waals surface area contributed by atoms with E-state index in [-0.39, 0.29) is 12.5 Å². The van der Waals surface area contributed by atoms with Crippen LogP contribution in [-0.2, 0) is 4.79 Å². The lowest BCUT2D eigenvalue weighted by molar-refractivity contribution is -0.138. The van der Waals surface area contributed by atoms with E-state index in [0.29, 0.717) is 0 Å². The molecule has 0 aromatic heterocycles. The standard InChI is InChI=1S/C11H22N2O2/c1-3-5-13-7-4-6-12(2)9-10(13)8-11(14)15/h10H,3-9H2,1-2H3,(H,14,15). The van der Waals surface area contributed by atoms with E-state index in [9.17, 15) is 4.79 Å². The van der Waals surface area contributed by atoms with Crippen LogP contribution in [0.1, 0.15) is 26.2 Å². The van der Waals surface area contributed by atoms with Gasteiger partial charge in [-0.05, 0) is 39.5 Å². The smallest absolute Gasteiger partial charge is 0.304 e. The Morgan fingerprint density at radius 1 is 1.47 bits per heavy atom. The highest BCUT2D eigenvalue weighted by molar-refractivity contribution is 5.67. The number of hydrogen-bond donors (Lipinski definition) is 1. The third-order valence-corrected chi connectivity index (χ3v) is 2.95. The van der Waals surface area contributed by atoms with Crippen LogP contribution < -0.4 is 0 Å². The minimum Gasteiger partial charge on any atom is -0.481 e. The molecule has 1 N–H and O–H groups in total. The molecule has 1 aliphatic heterocycles. The lowest BCUT2D eigenvalue weighted by Crippen LogP contribution is -2.41. The fourth-order valence-corrected chi connectivity index (χ4v) is 2.27. The first kappa shape index (κ1) is 12.5. The zero-order valence-corrected chi connectivity index (χ0v) is 9.78. The highest BCUT2D eigenvalue weighted by Crippen LogP contribution is 2.12. The van der Waals surface area contributed by atoms with Crippen molar-refractivity contribution in [3.8, 4) is 0 Å². The van der Waals surface area contributed by atoms with E-state index in [2.05, 4.69) is 23.8 Å².